The van der Waals surface area contributed by atoms with Gasteiger partial charge in [-0.3, -0.25) is 4.79 Å². The Balaban J connectivity index is 1.93. The van der Waals surface area contributed by atoms with Gasteiger partial charge in [-0.1, -0.05) is 24.3 Å². The zero-order chi connectivity index (χ0) is 16.3. The minimum absolute atomic E-state index is 0.154. The molecule has 1 aromatic carbocycles. The molecule has 1 aliphatic rings. The van der Waals surface area contributed by atoms with Crippen LogP contribution in [0.1, 0.15) is 38.8 Å². The van der Waals surface area contributed by atoms with Gasteiger partial charge in [0.05, 0.1) is 0 Å². The number of nitrogens with zero attached hydrogens (tertiary/aromatic N) is 1. The lowest BCUT2D eigenvalue weighted by atomic mass is 9.99. The minimum atomic E-state index is -0.785. The van der Waals surface area contributed by atoms with Crippen molar-refractivity contribution in [3.63, 3.8) is 0 Å². The summed E-state index contributed by atoms with van der Waals surface area (Å²) < 4.78 is 5.19. The van der Waals surface area contributed by atoms with Crippen LogP contribution in [-0.2, 0) is 22.5 Å². The van der Waals surface area contributed by atoms with E-state index in [1.54, 1.807) is 11.8 Å². The van der Waals surface area contributed by atoms with Crippen molar-refractivity contribution < 1.29 is 14.3 Å². The van der Waals surface area contributed by atoms with Crippen LogP contribution in [0.5, 0.6) is 0 Å². The Hall–Kier alpha value is -2.04. The van der Waals surface area contributed by atoms with E-state index in [0.717, 1.165) is 12.0 Å². The number of hydrogen-bond donors (Lipinski definition) is 1. The summed E-state index contributed by atoms with van der Waals surface area (Å²) in [6.07, 6.45) is -0.513. The third-order valence-corrected chi connectivity index (χ3v) is 3.55. The van der Waals surface area contributed by atoms with E-state index in [1.165, 1.54) is 5.56 Å². The summed E-state index contributed by atoms with van der Waals surface area (Å²) >= 11 is 0. The van der Waals surface area contributed by atoms with Crippen LogP contribution in [0.4, 0.5) is 4.79 Å². The van der Waals surface area contributed by atoms with Gasteiger partial charge in [0.1, 0.15) is 0 Å². The lowest BCUT2D eigenvalue weighted by Gasteiger charge is -2.31. The van der Waals surface area contributed by atoms with Gasteiger partial charge in [0.25, 0.3) is 5.91 Å². The second kappa shape index (κ2) is 6.38. The zero-order valence-corrected chi connectivity index (χ0v) is 13.7. The second-order valence-electron chi connectivity index (χ2n) is 6.70. The van der Waals surface area contributed by atoms with Crippen LogP contribution in [0.2, 0.25) is 0 Å². The third kappa shape index (κ3) is 4.23. The fraction of sp³-hybridized carbons (Fsp3) is 0.529. The Morgan fingerprint density at radius 3 is 2.50 bits per heavy atom. The minimum Gasteiger partial charge on any atom is -0.436 e. The molecule has 0 aliphatic carbocycles. The summed E-state index contributed by atoms with van der Waals surface area (Å²) in [5.41, 5.74) is 2.06. The molecule has 0 radical (unpaired) electrons. The van der Waals surface area contributed by atoms with Crippen LogP contribution < -0.4 is 5.32 Å². The predicted octanol–water partition coefficient (Wildman–Crippen LogP) is 2.48. The van der Waals surface area contributed by atoms with Gasteiger partial charge in [-0.25, -0.2) is 4.79 Å². The lowest BCUT2D eigenvalue weighted by Crippen LogP contribution is -2.46. The first kappa shape index (κ1) is 16.3. The highest BCUT2D eigenvalue weighted by molar-refractivity contribution is 5.83. The van der Waals surface area contributed by atoms with Gasteiger partial charge in [0.2, 0.25) is 0 Å². The number of fused-ring (bicyclic) bond motifs is 1. The van der Waals surface area contributed by atoms with Crippen molar-refractivity contribution in [1.82, 2.24) is 10.2 Å². The van der Waals surface area contributed by atoms with Crippen LogP contribution in [0.3, 0.4) is 0 Å². The third-order valence-electron chi connectivity index (χ3n) is 3.55. The Morgan fingerprint density at radius 2 is 1.86 bits per heavy atom. The summed E-state index contributed by atoms with van der Waals surface area (Å²) in [6.45, 7) is 8.44. The first-order chi connectivity index (χ1) is 10.3. The molecule has 22 heavy (non-hydrogen) atoms. The molecule has 2 amide bonds. The number of ether oxygens (including phenoxy) is 1. The molecule has 5 nitrogen and oxygen atoms in total. The molecule has 5 heteroatoms. The molecule has 1 aromatic rings. The predicted molar refractivity (Wildman–Crippen MR) is 84.4 cm³/mol. The zero-order valence-electron chi connectivity index (χ0n) is 13.7. The highest BCUT2D eigenvalue weighted by Gasteiger charge is 2.27. The lowest BCUT2D eigenvalue weighted by molar-refractivity contribution is -0.140. The van der Waals surface area contributed by atoms with E-state index < -0.39 is 12.2 Å². The highest BCUT2D eigenvalue weighted by atomic mass is 16.6. The van der Waals surface area contributed by atoms with Gasteiger partial charge < -0.3 is 15.0 Å². The van der Waals surface area contributed by atoms with Crippen molar-refractivity contribution in [2.24, 2.45) is 0 Å². The molecular weight excluding hydrogens is 280 g/mol. The Labute approximate surface area is 131 Å². The van der Waals surface area contributed by atoms with Crippen molar-refractivity contribution in [3.8, 4) is 0 Å². The smallest absolute Gasteiger partial charge is 0.408 e. The van der Waals surface area contributed by atoms with E-state index in [-0.39, 0.29) is 11.4 Å². The molecule has 1 heterocycles. The van der Waals surface area contributed by atoms with E-state index in [2.05, 4.69) is 11.4 Å². The van der Waals surface area contributed by atoms with Crippen molar-refractivity contribution in [2.45, 2.75) is 52.3 Å². The van der Waals surface area contributed by atoms with Crippen molar-refractivity contribution in [1.29, 1.82) is 0 Å². The number of rotatable bonds is 2. The van der Waals surface area contributed by atoms with E-state index >= 15 is 0 Å². The number of benzene rings is 1. The van der Waals surface area contributed by atoms with Crippen LogP contribution in [0, 0.1) is 0 Å². The molecule has 1 N–H and O–H groups in total. The average Bonchev–Trinajstić information content (AvgIpc) is 2.43. The first-order valence-corrected chi connectivity index (χ1v) is 7.60. The molecule has 1 aliphatic heterocycles. The van der Waals surface area contributed by atoms with E-state index in [1.807, 2.05) is 39.0 Å². The molecule has 0 saturated carbocycles. The number of carbonyl (C=O) groups excluding carboxylic acids is 2. The summed E-state index contributed by atoms with van der Waals surface area (Å²) in [6, 6.07) is 8.11. The Kier molecular flexibility index (Phi) is 4.74. The number of hydrogen-bond acceptors (Lipinski definition) is 3. The molecule has 120 valence electrons. The molecule has 0 aromatic heterocycles. The van der Waals surface area contributed by atoms with Gasteiger partial charge in [-0.05, 0) is 45.2 Å². The Morgan fingerprint density at radius 1 is 1.23 bits per heavy atom. The van der Waals surface area contributed by atoms with Gasteiger partial charge in [-0.2, -0.15) is 0 Å². The van der Waals surface area contributed by atoms with Gasteiger partial charge in [-0.15, -0.1) is 0 Å². The van der Waals surface area contributed by atoms with Gasteiger partial charge in [0, 0.05) is 18.6 Å². The molecule has 0 unspecified atom stereocenters. The molecule has 0 saturated heterocycles. The fourth-order valence-electron chi connectivity index (χ4n) is 2.49. The number of alkyl carbamates (subject to hydrolysis) is 1. The van der Waals surface area contributed by atoms with E-state index in [9.17, 15) is 9.59 Å². The number of nitrogens with one attached hydrogen (secondary N) is 1. The fourth-order valence-corrected chi connectivity index (χ4v) is 2.49. The summed E-state index contributed by atoms with van der Waals surface area (Å²) in [7, 11) is 0. The van der Waals surface area contributed by atoms with Gasteiger partial charge >= 0.3 is 6.09 Å². The maximum Gasteiger partial charge on any atom is 0.408 e. The maximum absolute atomic E-state index is 12.4. The molecule has 0 bridgehead atoms. The van der Waals surface area contributed by atoms with Crippen LogP contribution in [0.25, 0.3) is 0 Å². The van der Waals surface area contributed by atoms with Crippen LogP contribution in [0.15, 0.2) is 24.3 Å². The molecule has 1 atom stereocenters. The maximum atomic E-state index is 12.4. The molecular formula is C17H24N2O3. The summed E-state index contributed by atoms with van der Waals surface area (Å²) in [5, 5.41) is 2.69. The Bertz CT molecular complexity index is 563. The molecule has 0 fully saturated rings. The first-order valence-electron chi connectivity index (χ1n) is 7.60. The standard InChI is InChI=1S/C17H24N2O3/c1-12(22-16(21)18-17(2,3)4)15(20)19-10-9-13-7-5-6-8-14(13)11-19/h5-8,12H,9-11H2,1-4H3,(H,18,21)/t12-/m1/s1. The summed E-state index contributed by atoms with van der Waals surface area (Å²) in [4.78, 5) is 25.9. The molecule has 0 spiro atoms. The van der Waals surface area contributed by atoms with E-state index in [0.29, 0.717) is 13.1 Å². The SMILES string of the molecule is C[C@@H](OC(=O)NC(C)(C)C)C(=O)N1CCc2ccccc2C1. The summed E-state index contributed by atoms with van der Waals surface area (Å²) in [5.74, 6) is -0.154. The number of amides is 2. The van der Waals surface area contributed by atoms with Crippen LogP contribution >= 0.6 is 0 Å². The van der Waals surface area contributed by atoms with Crippen molar-refractivity contribution in [2.75, 3.05) is 6.54 Å². The van der Waals surface area contributed by atoms with Crippen molar-refractivity contribution >= 4 is 12.0 Å². The monoisotopic (exact) mass is 304 g/mol. The van der Waals surface area contributed by atoms with E-state index in [4.69, 9.17) is 4.74 Å². The topological polar surface area (TPSA) is 58.6 Å². The quantitative estimate of drug-likeness (QED) is 0.913. The normalized spacial score (nSPS) is 15.7. The van der Waals surface area contributed by atoms with Crippen LogP contribution in [-0.4, -0.2) is 35.1 Å². The second-order valence-corrected chi connectivity index (χ2v) is 6.70. The number of carbonyl (C=O) groups is 2. The average molecular weight is 304 g/mol. The van der Waals surface area contributed by atoms with Gasteiger partial charge in [0.15, 0.2) is 6.10 Å². The highest BCUT2D eigenvalue weighted by Crippen LogP contribution is 2.19. The largest absolute Gasteiger partial charge is 0.436 e. The molecule has 2 rings (SSSR count). The van der Waals surface area contributed by atoms with Crippen molar-refractivity contribution in [3.05, 3.63) is 35.4 Å².